The van der Waals surface area contributed by atoms with E-state index < -0.39 is 43.4 Å². The van der Waals surface area contributed by atoms with Gasteiger partial charge in [-0.1, -0.05) is 30.3 Å². The Morgan fingerprint density at radius 3 is 2.41 bits per heavy atom. The standard InChI is InChI=1S/C22H23F6N3O3/c23-9-17(30-21(33)20(24)25)19(32)14-3-1-13(2-4-14)15-5-6-16(29-10-15)11-31-7-8-34-18(12-31)22(26,27)28/h1-6,10,17-20,32H,7-9,11-12H2,(H,30,33). The van der Waals surface area contributed by atoms with Gasteiger partial charge < -0.3 is 15.2 Å². The zero-order valence-electron chi connectivity index (χ0n) is 17.8. The maximum atomic E-state index is 13.2. The van der Waals surface area contributed by atoms with Gasteiger partial charge in [0, 0.05) is 31.4 Å². The number of halogens is 6. The lowest BCUT2D eigenvalue weighted by Crippen LogP contribution is -2.48. The van der Waals surface area contributed by atoms with Crippen LogP contribution in [0.4, 0.5) is 26.3 Å². The first kappa shape index (κ1) is 25.9. The molecule has 1 aromatic heterocycles. The Kier molecular flexibility index (Phi) is 8.50. The van der Waals surface area contributed by atoms with Crippen LogP contribution < -0.4 is 5.32 Å². The number of hydrogen-bond donors (Lipinski definition) is 2. The minimum atomic E-state index is -4.42. The Hall–Kier alpha value is -2.70. The number of alkyl halides is 6. The van der Waals surface area contributed by atoms with Gasteiger partial charge in [-0.3, -0.25) is 14.7 Å². The van der Waals surface area contributed by atoms with Gasteiger partial charge in [0.15, 0.2) is 6.10 Å². The summed E-state index contributed by atoms with van der Waals surface area (Å²) in [5.41, 5.74) is 2.18. The lowest BCUT2D eigenvalue weighted by molar-refractivity contribution is -0.237. The van der Waals surface area contributed by atoms with Gasteiger partial charge in [0.05, 0.1) is 18.3 Å². The van der Waals surface area contributed by atoms with E-state index in [9.17, 15) is 36.2 Å². The topological polar surface area (TPSA) is 74.7 Å². The lowest BCUT2D eigenvalue weighted by Gasteiger charge is -2.33. The van der Waals surface area contributed by atoms with Gasteiger partial charge in [0.25, 0.3) is 5.91 Å². The van der Waals surface area contributed by atoms with Crippen molar-refractivity contribution in [2.24, 2.45) is 0 Å². The van der Waals surface area contributed by atoms with Crippen molar-refractivity contribution in [2.45, 2.75) is 37.4 Å². The van der Waals surface area contributed by atoms with Crippen LogP contribution in [0.1, 0.15) is 17.4 Å². The largest absolute Gasteiger partial charge is 0.415 e. The van der Waals surface area contributed by atoms with Crippen molar-refractivity contribution in [3.63, 3.8) is 0 Å². The minimum Gasteiger partial charge on any atom is -0.386 e. The molecule has 0 aliphatic carbocycles. The average Bonchev–Trinajstić information content (AvgIpc) is 2.82. The van der Waals surface area contributed by atoms with E-state index in [4.69, 9.17) is 4.74 Å². The molecule has 0 spiro atoms. The van der Waals surface area contributed by atoms with E-state index in [1.165, 1.54) is 12.1 Å². The number of morpholine rings is 1. The molecule has 0 saturated carbocycles. The fourth-order valence-electron chi connectivity index (χ4n) is 3.51. The zero-order valence-corrected chi connectivity index (χ0v) is 17.8. The van der Waals surface area contributed by atoms with Crippen LogP contribution in [0.2, 0.25) is 0 Å². The highest BCUT2D eigenvalue weighted by Gasteiger charge is 2.43. The molecule has 186 valence electrons. The molecule has 3 rings (SSSR count). The summed E-state index contributed by atoms with van der Waals surface area (Å²) in [6.07, 6.45) is -9.55. The Labute approximate surface area is 191 Å². The molecule has 2 aromatic rings. The fourth-order valence-corrected chi connectivity index (χ4v) is 3.51. The average molecular weight is 491 g/mol. The summed E-state index contributed by atoms with van der Waals surface area (Å²) < 4.78 is 81.3. The number of aliphatic hydroxyl groups excluding tert-OH is 1. The number of aliphatic hydroxyl groups is 1. The quantitative estimate of drug-likeness (QED) is 0.555. The number of carbonyl (C=O) groups is 1. The second-order valence-electron chi connectivity index (χ2n) is 7.81. The van der Waals surface area contributed by atoms with Gasteiger partial charge in [-0.05, 0) is 17.2 Å². The fraction of sp³-hybridized carbons (Fsp3) is 0.455. The first-order valence-corrected chi connectivity index (χ1v) is 10.4. The van der Waals surface area contributed by atoms with Crippen molar-refractivity contribution in [3.05, 3.63) is 53.9 Å². The summed E-state index contributed by atoms with van der Waals surface area (Å²) in [6, 6.07) is 8.06. The monoisotopic (exact) mass is 491 g/mol. The van der Waals surface area contributed by atoms with E-state index in [0.717, 1.165) is 0 Å². The number of rotatable bonds is 8. The molecule has 1 amide bonds. The number of nitrogens with one attached hydrogen (secondary N) is 1. The number of amides is 1. The second-order valence-corrected chi connectivity index (χ2v) is 7.81. The molecule has 3 atom stereocenters. The summed E-state index contributed by atoms with van der Waals surface area (Å²) in [5.74, 6) is -1.67. The molecule has 34 heavy (non-hydrogen) atoms. The molecule has 2 heterocycles. The Morgan fingerprint density at radius 2 is 1.85 bits per heavy atom. The van der Waals surface area contributed by atoms with E-state index in [1.54, 1.807) is 40.7 Å². The number of pyridine rings is 1. The van der Waals surface area contributed by atoms with Crippen LogP contribution in [-0.2, 0) is 16.1 Å². The maximum Gasteiger partial charge on any atom is 0.415 e. The molecule has 2 N–H and O–H groups in total. The Bertz CT molecular complexity index is 940. The van der Waals surface area contributed by atoms with Crippen LogP contribution in [0.3, 0.4) is 0 Å². The van der Waals surface area contributed by atoms with E-state index >= 15 is 0 Å². The van der Waals surface area contributed by atoms with Crippen molar-refractivity contribution in [1.29, 1.82) is 0 Å². The third-order valence-corrected chi connectivity index (χ3v) is 5.38. The summed E-state index contributed by atoms with van der Waals surface area (Å²) in [5, 5.41) is 12.0. The molecule has 6 nitrogen and oxygen atoms in total. The van der Waals surface area contributed by atoms with E-state index in [1.807, 2.05) is 0 Å². The molecule has 12 heteroatoms. The van der Waals surface area contributed by atoms with Gasteiger partial charge in [0.2, 0.25) is 0 Å². The van der Waals surface area contributed by atoms with E-state index in [-0.39, 0.29) is 25.3 Å². The van der Waals surface area contributed by atoms with Crippen molar-refractivity contribution >= 4 is 5.91 Å². The van der Waals surface area contributed by atoms with E-state index in [2.05, 4.69) is 4.98 Å². The second kappa shape index (κ2) is 11.2. The van der Waals surface area contributed by atoms with Crippen LogP contribution >= 0.6 is 0 Å². The van der Waals surface area contributed by atoms with Gasteiger partial charge in [-0.15, -0.1) is 0 Å². The number of nitrogens with zero attached hydrogens (tertiary/aromatic N) is 2. The van der Waals surface area contributed by atoms with Gasteiger partial charge in [-0.2, -0.15) is 22.0 Å². The Morgan fingerprint density at radius 1 is 1.18 bits per heavy atom. The molecule has 0 radical (unpaired) electrons. The maximum absolute atomic E-state index is 13.2. The lowest BCUT2D eigenvalue weighted by atomic mass is 9.99. The molecular formula is C22H23F6N3O3. The SMILES string of the molecule is O=C(NC(CF)C(O)c1ccc(-c2ccc(CN3CCOC(C(F)(F)F)C3)nc2)cc1)C(F)F. The molecule has 1 saturated heterocycles. The van der Waals surface area contributed by atoms with Crippen molar-refractivity contribution in [3.8, 4) is 11.1 Å². The van der Waals surface area contributed by atoms with Gasteiger partial charge >= 0.3 is 12.6 Å². The van der Waals surface area contributed by atoms with Crippen LogP contribution in [0.5, 0.6) is 0 Å². The van der Waals surface area contributed by atoms with E-state index in [0.29, 0.717) is 23.4 Å². The van der Waals surface area contributed by atoms with Crippen molar-refractivity contribution < 1.29 is 41.0 Å². The first-order chi connectivity index (χ1) is 16.1. The molecule has 1 aliphatic rings. The summed E-state index contributed by atoms with van der Waals surface area (Å²) >= 11 is 0. The predicted octanol–water partition coefficient (Wildman–Crippen LogP) is 3.26. The van der Waals surface area contributed by atoms with Crippen LogP contribution in [0.25, 0.3) is 11.1 Å². The summed E-state index contributed by atoms with van der Waals surface area (Å²) in [4.78, 5) is 17.0. The highest BCUT2D eigenvalue weighted by molar-refractivity contribution is 5.79. The normalized spacial score (nSPS) is 19.1. The number of hydrogen-bond acceptors (Lipinski definition) is 5. The minimum absolute atomic E-state index is 0.0183. The smallest absolute Gasteiger partial charge is 0.386 e. The number of ether oxygens (including phenoxy) is 1. The van der Waals surface area contributed by atoms with Crippen LogP contribution in [0.15, 0.2) is 42.6 Å². The Balaban J connectivity index is 1.62. The molecule has 1 aromatic carbocycles. The molecule has 0 bridgehead atoms. The predicted molar refractivity (Wildman–Crippen MR) is 110 cm³/mol. The summed E-state index contributed by atoms with van der Waals surface area (Å²) in [7, 11) is 0. The number of benzene rings is 1. The van der Waals surface area contributed by atoms with Gasteiger partial charge in [-0.25, -0.2) is 4.39 Å². The zero-order chi connectivity index (χ0) is 24.9. The number of carbonyl (C=O) groups excluding carboxylic acids is 1. The third kappa shape index (κ3) is 6.67. The van der Waals surface area contributed by atoms with Crippen molar-refractivity contribution in [1.82, 2.24) is 15.2 Å². The molecule has 1 aliphatic heterocycles. The van der Waals surface area contributed by atoms with Crippen molar-refractivity contribution in [2.75, 3.05) is 26.4 Å². The number of aromatic nitrogens is 1. The van der Waals surface area contributed by atoms with Crippen LogP contribution in [-0.4, -0.2) is 72.0 Å². The van der Waals surface area contributed by atoms with Gasteiger partial charge in [0.1, 0.15) is 12.8 Å². The van der Waals surface area contributed by atoms with Crippen LogP contribution in [0, 0.1) is 0 Å². The highest BCUT2D eigenvalue weighted by atomic mass is 19.4. The molecule has 1 fully saturated rings. The molecule has 3 unspecified atom stereocenters. The molecular weight excluding hydrogens is 468 g/mol. The summed E-state index contributed by atoms with van der Waals surface area (Å²) in [6.45, 7) is -0.933. The third-order valence-electron chi connectivity index (χ3n) is 5.38. The first-order valence-electron chi connectivity index (χ1n) is 10.4. The highest BCUT2D eigenvalue weighted by Crippen LogP contribution is 2.27.